The summed E-state index contributed by atoms with van der Waals surface area (Å²) in [5, 5.41) is 12.2. The molecule has 0 saturated heterocycles. The van der Waals surface area contributed by atoms with Gasteiger partial charge in [0.05, 0.1) is 13.7 Å². The first-order valence-electron chi connectivity index (χ1n) is 5.38. The molecule has 0 aliphatic rings. The van der Waals surface area contributed by atoms with Gasteiger partial charge in [-0.2, -0.15) is 0 Å². The summed E-state index contributed by atoms with van der Waals surface area (Å²) >= 11 is 3.32. The summed E-state index contributed by atoms with van der Waals surface area (Å²) in [7, 11) is 3.08. The number of carboxylic acid groups (broad SMARTS) is 1. The monoisotopic (exact) mass is 317 g/mol. The van der Waals surface area contributed by atoms with E-state index in [2.05, 4.69) is 21.2 Å². The van der Waals surface area contributed by atoms with Crippen LogP contribution in [0.1, 0.15) is 11.6 Å². The van der Waals surface area contributed by atoms with Gasteiger partial charge in [-0.3, -0.25) is 10.1 Å². The lowest BCUT2D eigenvalue weighted by molar-refractivity contribution is -0.139. The molecule has 0 amide bonds. The second-order valence-corrected chi connectivity index (χ2v) is 4.52. The summed E-state index contributed by atoms with van der Waals surface area (Å²) in [6.45, 7) is 0.892. The van der Waals surface area contributed by atoms with E-state index in [-0.39, 0.29) is 0 Å². The third-order valence-corrected chi connectivity index (χ3v) is 2.90. The van der Waals surface area contributed by atoms with Gasteiger partial charge in [0.2, 0.25) is 0 Å². The Bertz CT molecular complexity index is 411. The molecule has 0 spiro atoms. The topological polar surface area (TPSA) is 67.8 Å². The largest absolute Gasteiger partial charge is 0.496 e. The highest BCUT2D eigenvalue weighted by Gasteiger charge is 2.22. The van der Waals surface area contributed by atoms with Crippen LogP contribution in [0.2, 0.25) is 0 Å². The number of halogens is 1. The molecule has 0 aliphatic carbocycles. The van der Waals surface area contributed by atoms with Crippen molar-refractivity contribution < 1.29 is 19.4 Å². The maximum Gasteiger partial charge on any atom is 0.325 e. The second-order valence-electron chi connectivity index (χ2n) is 3.60. The zero-order chi connectivity index (χ0) is 13.5. The number of rotatable bonds is 7. The zero-order valence-electron chi connectivity index (χ0n) is 10.3. The summed E-state index contributed by atoms with van der Waals surface area (Å²) in [5.74, 6) is -0.419. The van der Waals surface area contributed by atoms with E-state index in [1.165, 1.54) is 7.11 Å². The van der Waals surface area contributed by atoms with Crippen LogP contribution in [0, 0.1) is 0 Å². The maximum absolute atomic E-state index is 11.3. The second kappa shape index (κ2) is 7.35. The molecule has 1 aromatic carbocycles. The molecule has 0 saturated carbocycles. The van der Waals surface area contributed by atoms with Crippen LogP contribution in [0.3, 0.4) is 0 Å². The van der Waals surface area contributed by atoms with Crippen molar-refractivity contribution in [3.63, 3.8) is 0 Å². The fourth-order valence-electron chi connectivity index (χ4n) is 1.57. The first-order valence-corrected chi connectivity index (χ1v) is 6.18. The predicted molar refractivity (Wildman–Crippen MR) is 70.9 cm³/mol. The van der Waals surface area contributed by atoms with Crippen molar-refractivity contribution in [2.75, 3.05) is 27.4 Å². The Morgan fingerprint density at radius 2 is 2.22 bits per heavy atom. The van der Waals surface area contributed by atoms with E-state index in [4.69, 9.17) is 9.47 Å². The van der Waals surface area contributed by atoms with Crippen LogP contribution in [-0.4, -0.2) is 38.4 Å². The molecule has 1 rings (SSSR count). The van der Waals surface area contributed by atoms with Crippen molar-refractivity contribution in [3.8, 4) is 5.75 Å². The van der Waals surface area contributed by atoms with Gasteiger partial charge in [-0.15, -0.1) is 0 Å². The van der Waals surface area contributed by atoms with Gasteiger partial charge < -0.3 is 14.6 Å². The summed E-state index contributed by atoms with van der Waals surface area (Å²) < 4.78 is 10.9. The maximum atomic E-state index is 11.3. The number of carbonyl (C=O) groups is 1. The summed E-state index contributed by atoms with van der Waals surface area (Å²) in [5.41, 5.74) is 0.579. The Morgan fingerprint density at radius 1 is 1.50 bits per heavy atom. The Balaban J connectivity index is 2.97. The quantitative estimate of drug-likeness (QED) is 0.751. The molecule has 0 aromatic heterocycles. The lowest BCUT2D eigenvalue weighted by Crippen LogP contribution is -2.31. The van der Waals surface area contributed by atoms with Crippen LogP contribution in [0.4, 0.5) is 0 Å². The van der Waals surface area contributed by atoms with Gasteiger partial charge in [-0.05, 0) is 18.2 Å². The summed E-state index contributed by atoms with van der Waals surface area (Å²) in [6.07, 6.45) is 0. The third-order valence-electron chi connectivity index (χ3n) is 2.40. The standard InChI is InChI=1S/C12H16BrNO4/c1-17-6-5-14-11(12(15)16)9-7-8(13)3-4-10(9)18-2/h3-4,7,11,14H,5-6H2,1-2H3,(H,15,16). The van der Waals surface area contributed by atoms with Crippen molar-refractivity contribution in [2.24, 2.45) is 0 Å². The number of hydrogen-bond donors (Lipinski definition) is 2. The first-order chi connectivity index (χ1) is 8.60. The molecule has 5 nitrogen and oxygen atoms in total. The highest BCUT2D eigenvalue weighted by Crippen LogP contribution is 2.28. The van der Waals surface area contributed by atoms with Gasteiger partial charge in [0.25, 0.3) is 0 Å². The Morgan fingerprint density at radius 3 is 2.78 bits per heavy atom. The number of aliphatic carboxylic acids is 1. The minimum absolute atomic E-state index is 0.445. The van der Waals surface area contributed by atoms with Crippen LogP contribution in [-0.2, 0) is 9.53 Å². The SMILES string of the molecule is COCCNC(C(=O)O)c1cc(Br)ccc1OC. The molecule has 0 fully saturated rings. The van der Waals surface area contributed by atoms with E-state index in [0.717, 1.165) is 4.47 Å². The van der Waals surface area contributed by atoms with Crippen LogP contribution < -0.4 is 10.1 Å². The van der Waals surface area contributed by atoms with E-state index in [0.29, 0.717) is 24.5 Å². The molecule has 1 unspecified atom stereocenters. The highest BCUT2D eigenvalue weighted by atomic mass is 79.9. The van der Waals surface area contributed by atoms with Crippen LogP contribution >= 0.6 is 15.9 Å². The number of carboxylic acids is 1. The fraction of sp³-hybridized carbons (Fsp3) is 0.417. The lowest BCUT2D eigenvalue weighted by Gasteiger charge is -2.17. The number of ether oxygens (including phenoxy) is 2. The van der Waals surface area contributed by atoms with Gasteiger partial charge in [0.15, 0.2) is 0 Å². The van der Waals surface area contributed by atoms with Crippen molar-refractivity contribution >= 4 is 21.9 Å². The summed E-state index contributed by atoms with van der Waals surface area (Å²) in [6, 6.07) is 4.44. The molecular formula is C12H16BrNO4. The average molecular weight is 318 g/mol. The van der Waals surface area contributed by atoms with E-state index in [1.807, 2.05) is 0 Å². The molecule has 0 radical (unpaired) electrons. The lowest BCUT2D eigenvalue weighted by atomic mass is 10.1. The molecule has 18 heavy (non-hydrogen) atoms. The number of nitrogens with one attached hydrogen (secondary N) is 1. The molecule has 1 aromatic rings. The molecule has 1 atom stereocenters. The minimum Gasteiger partial charge on any atom is -0.496 e. The molecule has 100 valence electrons. The Hall–Kier alpha value is -1.11. The molecule has 0 heterocycles. The first kappa shape index (κ1) is 14.9. The van der Waals surface area contributed by atoms with Crippen molar-refractivity contribution in [2.45, 2.75) is 6.04 Å². The fourth-order valence-corrected chi connectivity index (χ4v) is 1.95. The average Bonchev–Trinajstić information content (AvgIpc) is 2.34. The molecule has 6 heteroatoms. The van der Waals surface area contributed by atoms with E-state index in [1.54, 1.807) is 25.3 Å². The van der Waals surface area contributed by atoms with Gasteiger partial charge >= 0.3 is 5.97 Å². The van der Waals surface area contributed by atoms with Crippen molar-refractivity contribution in [3.05, 3.63) is 28.2 Å². The number of methoxy groups -OCH3 is 2. The number of hydrogen-bond acceptors (Lipinski definition) is 4. The van der Waals surface area contributed by atoms with Gasteiger partial charge in [0.1, 0.15) is 11.8 Å². The molecule has 2 N–H and O–H groups in total. The molecular weight excluding hydrogens is 302 g/mol. The van der Waals surface area contributed by atoms with E-state index < -0.39 is 12.0 Å². The summed E-state index contributed by atoms with van der Waals surface area (Å²) in [4.78, 5) is 11.3. The number of benzene rings is 1. The van der Waals surface area contributed by atoms with Gasteiger partial charge in [-0.25, -0.2) is 0 Å². The smallest absolute Gasteiger partial charge is 0.325 e. The van der Waals surface area contributed by atoms with E-state index in [9.17, 15) is 9.90 Å². The van der Waals surface area contributed by atoms with Crippen LogP contribution in [0.15, 0.2) is 22.7 Å². The molecule has 0 aliphatic heterocycles. The predicted octanol–water partition coefficient (Wildman–Crippen LogP) is 1.82. The Kier molecular flexibility index (Phi) is 6.11. The van der Waals surface area contributed by atoms with Crippen molar-refractivity contribution in [1.29, 1.82) is 0 Å². The van der Waals surface area contributed by atoms with Gasteiger partial charge in [-0.1, -0.05) is 15.9 Å². The zero-order valence-corrected chi connectivity index (χ0v) is 11.9. The Labute approximate surface area is 114 Å². The van der Waals surface area contributed by atoms with Gasteiger partial charge in [0, 0.05) is 23.7 Å². The molecule has 0 bridgehead atoms. The third kappa shape index (κ3) is 3.97. The highest BCUT2D eigenvalue weighted by molar-refractivity contribution is 9.10. The minimum atomic E-state index is -0.956. The van der Waals surface area contributed by atoms with Crippen LogP contribution in [0.5, 0.6) is 5.75 Å². The van der Waals surface area contributed by atoms with Crippen molar-refractivity contribution in [1.82, 2.24) is 5.32 Å². The van der Waals surface area contributed by atoms with E-state index >= 15 is 0 Å². The normalized spacial score (nSPS) is 12.2. The van der Waals surface area contributed by atoms with Crippen LogP contribution in [0.25, 0.3) is 0 Å².